The number of carboxylic acid groups (broad SMARTS) is 1. The highest BCUT2D eigenvalue weighted by Crippen LogP contribution is 2.47. The molecule has 1 fully saturated rings. The first kappa shape index (κ1) is 12.0. The lowest BCUT2D eigenvalue weighted by atomic mass is 10.0. The van der Waals surface area contributed by atoms with Crippen molar-refractivity contribution in [2.24, 2.45) is 5.41 Å². The van der Waals surface area contributed by atoms with E-state index < -0.39 is 5.97 Å². The predicted octanol–water partition coefficient (Wildman–Crippen LogP) is 1.76. The first-order valence-electron chi connectivity index (χ1n) is 5.53. The van der Waals surface area contributed by atoms with E-state index in [9.17, 15) is 9.59 Å². The molecule has 6 heteroatoms. The van der Waals surface area contributed by atoms with Crippen molar-refractivity contribution in [2.75, 3.05) is 6.54 Å². The van der Waals surface area contributed by atoms with Crippen LogP contribution in [0.4, 0.5) is 0 Å². The minimum Gasteiger partial charge on any atom is -0.476 e. The van der Waals surface area contributed by atoms with Gasteiger partial charge in [-0.1, -0.05) is 6.92 Å². The maximum absolute atomic E-state index is 11.7. The number of aromatic nitrogens is 1. The van der Waals surface area contributed by atoms with Gasteiger partial charge in [-0.05, 0) is 24.7 Å². The normalized spacial score (nSPS) is 16.5. The van der Waals surface area contributed by atoms with E-state index in [-0.39, 0.29) is 22.0 Å². The van der Waals surface area contributed by atoms with Crippen LogP contribution < -0.4 is 5.32 Å². The van der Waals surface area contributed by atoms with E-state index in [0.717, 1.165) is 30.6 Å². The number of aromatic carboxylic acids is 1. The summed E-state index contributed by atoms with van der Waals surface area (Å²) in [7, 11) is 0. The van der Waals surface area contributed by atoms with Crippen molar-refractivity contribution in [2.45, 2.75) is 26.2 Å². The van der Waals surface area contributed by atoms with Gasteiger partial charge < -0.3 is 10.4 Å². The molecule has 2 rings (SSSR count). The number of carbonyl (C=O) groups excluding carboxylic acids is 1. The molecule has 1 aromatic heterocycles. The molecule has 0 aliphatic heterocycles. The molecule has 1 aliphatic carbocycles. The van der Waals surface area contributed by atoms with Gasteiger partial charge in [-0.15, -0.1) is 11.3 Å². The fourth-order valence-corrected chi connectivity index (χ4v) is 2.36. The zero-order valence-electron chi connectivity index (χ0n) is 9.52. The maximum Gasteiger partial charge on any atom is 0.355 e. The van der Waals surface area contributed by atoms with Gasteiger partial charge in [-0.3, -0.25) is 4.79 Å². The van der Waals surface area contributed by atoms with Crippen LogP contribution in [-0.4, -0.2) is 28.5 Å². The number of thiazole rings is 1. The van der Waals surface area contributed by atoms with E-state index in [1.165, 1.54) is 5.38 Å². The summed E-state index contributed by atoms with van der Waals surface area (Å²) in [5, 5.41) is 13.1. The second kappa shape index (κ2) is 4.44. The van der Waals surface area contributed by atoms with Gasteiger partial charge in [0.15, 0.2) is 10.7 Å². The van der Waals surface area contributed by atoms with Crippen LogP contribution in [0, 0.1) is 5.41 Å². The maximum atomic E-state index is 11.7. The summed E-state index contributed by atoms with van der Waals surface area (Å²) in [6, 6.07) is 0. The predicted molar refractivity (Wildman–Crippen MR) is 63.4 cm³/mol. The van der Waals surface area contributed by atoms with Gasteiger partial charge in [0.1, 0.15) is 0 Å². The second-order valence-electron chi connectivity index (χ2n) is 4.38. The van der Waals surface area contributed by atoms with Crippen molar-refractivity contribution in [1.82, 2.24) is 10.3 Å². The van der Waals surface area contributed by atoms with Crippen molar-refractivity contribution < 1.29 is 14.7 Å². The van der Waals surface area contributed by atoms with Crippen molar-refractivity contribution in [1.29, 1.82) is 0 Å². The molecule has 5 nitrogen and oxygen atoms in total. The lowest BCUT2D eigenvalue weighted by molar-refractivity contribution is 0.0691. The number of nitrogens with zero attached hydrogens (tertiary/aromatic N) is 1. The fourth-order valence-electron chi connectivity index (χ4n) is 1.65. The molecule has 0 atom stereocenters. The molecule has 17 heavy (non-hydrogen) atoms. The average molecular weight is 254 g/mol. The van der Waals surface area contributed by atoms with Gasteiger partial charge in [0.25, 0.3) is 5.91 Å². The van der Waals surface area contributed by atoms with Gasteiger partial charge >= 0.3 is 5.97 Å². The third-order valence-corrected chi connectivity index (χ3v) is 4.09. The Morgan fingerprint density at radius 1 is 1.59 bits per heavy atom. The highest BCUT2D eigenvalue weighted by molar-refractivity contribution is 7.11. The number of rotatable bonds is 5. The zero-order chi connectivity index (χ0) is 12.5. The van der Waals surface area contributed by atoms with Crippen LogP contribution in [0.5, 0.6) is 0 Å². The van der Waals surface area contributed by atoms with E-state index >= 15 is 0 Å². The Balaban J connectivity index is 1.93. The minimum absolute atomic E-state index is 0.0724. The van der Waals surface area contributed by atoms with Crippen LogP contribution in [0.3, 0.4) is 0 Å². The first-order valence-corrected chi connectivity index (χ1v) is 6.41. The third-order valence-electron chi connectivity index (χ3n) is 3.25. The number of carboxylic acids is 1. The summed E-state index contributed by atoms with van der Waals surface area (Å²) in [5.41, 5.74) is 0.208. The van der Waals surface area contributed by atoms with Gasteiger partial charge in [0.05, 0.1) is 0 Å². The van der Waals surface area contributed by atoms with Crippen molar-refractivity contribution in [3.05, 3.63) is 16.1 Å². The summed E-state index contributed by atoms with van der Waals surface area (Å²) in [6.45, 7) is 2.77. The molecular weight excluding hydrogens is 240 g/mol. The Bertz CT molecular complexity index is 451. The fraction of sp³-hybridized carbons (Fsp3) is 0.545. The Morgan fingerprint density at radius 2 is 2.29 bits per heavy atom. The van der Waals surface area contributed by atoms with Crippen molar-refractivity contribution >= 4 is 23.2 Å². The highest BCUT2D eigenvalue weighted by Gasteiger charge is 2.40. The van der Waals surface area contributed by atoms with Crippen LogP contribution in [-0.2, 0) is 0 Å². The number of amides is 1. The molecule has 0 bridgehead atoms. The summed E-state index contributed by atoms with van der Waals surface area (Å²) < 4.78 is 0. The Labute approximate surface area is 103 Å². The largest absolute Gasteiger partial charge is 0.476 e. The molecule has 2 N–H and O–H groups in total. The number of hydrogen-bond acceptors (Lipinski definition) is 4. The quantitative estimate of drug-likeness (QED) is 0.839. The molecular formula is C11H14N2O3S. The number of hydrogen-bond donors (Lipinski definition) is 2. The zero-order valence-corrected chi connectivity index (χ0v) is 10.3. The van der Waals surface area contributed by atoms with Crippen LogP contribution in [0.1, 0.15) is 46.5 Å². The van der Waals surface area contributed by atoms with E-state index in [1.807, 2.05) is 0 Å². The van der Waals surface area contributed by atoms with E-state index in [1.54, 1.807) is 0 Å². The van der Waals surface area contributed by atoms with Gasteiger partial charge in [-0.25, -0.2) is 9.78 Å². The third kappa shape index (κ3) is 2.63. The molecule has 92 valence electrons. The van der Waals surface area contributed by atoms with Crippen molar-refractivity contribution in [3.63, 3.8) is 0 Å². The highest BCUT2D eigenvalue weighted by atomic mass is 32.1. The topological polar surface area (TPSA) is 79.3 Å². The molecule has 1 amide bonds. The van der Waals surface area contributed by atoms with Crippen LogP contribution in [0.25, 0.3) is 0 Å². The monoisotopic (exact) mass is 254 g/mol. The minimum atomic E-state index is -1.10. The lowest BCUT2D eigenvalue weighted by Gasteiger charge is -2.12. The lowest BCUT2D eigenvalue weighted by Crippen LogP contribution is -2.29. The summed E-state index contributed by atoms with van der Waals surface area (Å²) in [4.78, 5) is 26.1. The van der Waals surface area contributed by atoms with Crippen LogP contribution in [0.2, 0.25) is 0 Å². The number of nitrogens with one attached hydrogen (secondary N) is 1. The Kier molecular flexibility index (Phi) is 3.15. The molecule has 0 spiro atoms. The van der Waals surface area contributed by atoms with Gasteiger partial charge in [0, 0.05) is 11.9 Å². The Hall–Kier alpha value is -1.43. The molecule has 0 aromatic carbocycles. The van der Waals surface area contributed by atoms with E-state index in [4.69, 9.17) is 5.11 Å². The molecule has 0 saturated heterocycles. The Morgan fingerprint density at radius 3 is 2.76 bits per heavy atom. The van der Waals surface area contributed by atoms with Gasteiger partial charge in [0.2, 0.25) is 0 Å². The molecule has 1 saturated carbocycles. The van der Waals surface area contributed by atoms with Gasteiger partial charge in [-0.2, -0.15) is 0 Å². The molecule has 0 radical (unpaired) electrons. The molecule has 1 aliphatic rings. The summed E-state index contributed by atoms with van der Waals surface area (Å²) >= 11 is 1.06. The van der Waals surface area contributed by atoms with E-state index in [2.05, 4.69) is 17.2 Å². The van der Waals surface area contributed by atoms with Crippen LogP contribution in [0.15, 0.2) is 5.38 Å². The first-order chi connectivity index (χ1) is 8.06. The average Bonchev–Trinajstić information content (AvgIpc) is 2.92. The standard InChI is InChI=1S/C11H14N2O3S/c1-2-11(3-4-11)6-12-8(14)9-13-7(5-17-9)10(15)16/h5H,2-4,6H2,1H3,(H,12,14)(H,15,16). The molecule has 1 heterocycles. The molecule has 0 unspecified atom stereocenters. The summed E-state index contributed by atoms with van der Waals surface area (Å²) in [6.07, 6.45) is 3.37. The SMILES string of the molecule is CCC1(CNC(=O)c2nc(C(=O)O)cs2)CC1. The van der Waals surface area contributed by atoms with Crippen LogP contribution >= 0.6 is 11.3 Å². The molecule has 1 aromatic rings. The smallest absolute Gasteiger partial charge is 0.355 e. The summed E-state index contributed by atoms with van der Waals surface area (Å²) in [5.74, 6) is -1.38. The van der Waals surface area contributed by atoms with E-state index in [0.29, 0.717) is 6.54 Å². The van der Waals surface area contributed by atoms with Crippen molar-refractivity contribution in [3.8, 4) is 0 Å². The number of carbonyl (C=O) groups is 2. The second-order valence-corrected chi connectivity index (χ2v) is 5.24.